The van der Waals surface area contributed by atoms with Crippen LogP contribution < -0.4 is 5.32 Å². The van der Waals surface area contributed by atoms with E-state index in [2.05, 4.69) is 24.3 Å². The first-order chi connectivity index (χ1) is 7.55. The van der Waals surface area contributed by atoms with E-state index in [-0.39, 0.29) is 0 Å². The minimum atomic E-state index is 0.544. The largest absolute Gasteiger partial charge is 0.361 e. The summed E-state index contributed by atoms with van der Waals surface area (Å²) in [6.07, 6.45) is 5.21. The molecule has 1 aromatic rings. The van der Waals surface area contributed by atoms with Crippen LogP contribution in [0, 0.1) is 12.3 Å². The fourth-order valence-electron chi connectivity index (χ4n) is 2.35. The molecule has 1 heterocycles. The molecule has 0 bridgehead atoms. The molecule has 0 atom stereocenters. The third-order valence-electron chi connectivity index (χ3n) is 3.59. The molecule has 0 aliphatic heterocycles. The van der Waals surface area contributed by atoms with Crippen molar-refractivity contribution < 1.29 is 4.52 Å². The predicted molar refractivity (Wildman–Crippen MR) is 64.1 cm³/mol. The Hall–Kier alpha value is -0.830. The Kier molecular flexibility index (Phi) is 3.33. The van der Waals surface area contributed by atoms with E-state index in [1.165, 1.54) is 25.7 Å². The summed E-state index contributed by atoms with van der Waals surface area (Å²) in [5, 5.41) is 7.56. The monoisotopic (exact) mass is 222 g/mol. The van der Waals surface area contributed by atoms with Crippen LogP contribution in [0.1, 0.15) is 51.0 Å². The SMILES string of the molecule is Cc1cc(CNC2CCC(C)(C)CC2)no1. The number of hydrogen-bond acceptors (Lipinski definition) is 3. The van der Waals surface area contributed by atoms with Crippen LogP contribution in [0.15, 0.2) is 10.6 Å². The van der Waals surface area contributed by atoms with Gasteiger partial charge in [0, 0.05) is 18.7 Å². The van der Waals surface area contributed by atoms with Crippen LogP contribution >= 0.6 is 0 Å². The summed E-state index contributed by atoms with van der Waals surface area (Å²) in [7, 11) is 0. The molecular weight excluding hydrogens is 200 g/mol. The van der Waals surface area contributed by atoms with Crippen molar-refractivity contribution in [2.45, 2.75) is 59.0 Å². The molecule has 1 N–H and O–H groups in total. The summed E-state index contributed by atoms with van der Waals surface area (Å²) in [6.45, 7) is 7.50. The van der Waals surface area contributed by atoms with E-state index in [0.717, 1.165) is 18.0 Å². The van der Waals surface area contributed by atoms with Crippen LogP contribution in [0.2, 0.25) is 0 Å². The zero-order valence-electron chi connectivity index (χ0n) is 10.5. The molecule has 16 heavy (non-hydrogen) atoms. The fraction of sp³-hybridized carbons (Fsp3) is 0.769. The van der Waals surface area contributed by atoms with Crippen molar-refractivity contribution in [2.75, 3.05) is 0 Å². The average Bonchev–Trinajstić information content (AvgIpc) is 2.63. The number of nitrogens with zero attached hydrogens (tertiary/aromatic N) is 1. The van der Waals surface area contributed by atoms with Gasteiger partial charge < -0.3 is 9.84 Å². The fourth-order valence-corrected chi connectivity index (χ4v) is 2.35. The molecule has 3 nitrogen and oxygen atoms in total. The maximum Gasteiger partial charge on any atom is 0.133 e. The van der Waals surface area contributed by atoms with Gasteiger partial charge in [0.05, 0.1) is 5.69 Å². The van der Waals surface area contributed by atoms with Gasteiger partial charge in [0.15, 0.2) is 0 Å². The van der Waals surface area contributed by atoms with Crippen molar-refractivity contribution in [1.82, 2.24) is 10.5 Å². The van der Waals surface area contributed by atoms with E-state index in [4.69, 9.17) is 4.52 Å². The lowest BCUT2D eigenvalue weighted by Crippen LogP contribution is -2.35. The number of nitrogens with one attached hydrogen (secondary N) is 1. The second kappa shape index (κ2) is 4.58. The molecule has 0 saturated heterocycles. The smallest absolute Gasteiger partial charge is 0.133 e. The Morgan fingerprint density at radius 3 is 2.69 bits per heavy atom. The van der Waals surface area contributed by atoms with Crippen LogP contribution in [0.5, 0.6) is 0 Å². The molecule has 1 fully saturated rings. The van der Waals surface area contributed by atoms with Gasteiger partial charge in [-0.3, -0.25) is 0 Å². The maximum absolute atomic E-state index is 5.05. The molecule has 1 aliphatic carbocycles. The first-order valence-electron chi connectivity index (χ1n) is 6.21. The van der Waals surface area contributed by atoms with Crippen molar-refractivity contribution in [3.63, 3.8) is 0 Å². The lowest BCUT2D eigenvalue weighted by Gasteiger charge is -2.34. The average molecular weight is 222 g/mol. The molecule has 0 radical (unpaired) electrons. The van der Waals surface area contributed by atoms with Crippen LogP contribution in [0.25, 0.3) is 0 Å². The van der Waals surface area contributed by atoms with E-state index in [9.17, 15) is 0 Å². The van der Waals surface area contributed by atoms with Gasteiger partial charge in [-0.2, -0.15) is 0 Å². The number of aryl methyl sites for hydroxylation is 1. The summed E-state index contributed by atoms with van der Waals surface area (Å²) in [5.41, 5.74) is 1.56. The summed E-state index contributed by atoms with van der Waals surface area (Å²) in [6, 6.07) is 2.66. The predicted octanol–water partition coefficient (Wildman–Crippen LogP) is 3.04. The van der Waals surface area contributed by atoms with Crippen LogP contribution in [0.3, 0.4) is 0 Å². The number of hydrogen-bond donors (Lipinski definition) is 1. The van der Waals surface area contributed by atoms with Gasteiger partial charge in [0.25, 0.3) is 0 Å². The van der Waals surface area contributed by atoms with Crippen LogP contribution in [0.4, 0.5) is 0 Å². The lowest BCUT2D eigenvalue weighted by atomic mass is 9.75. The van der Waals surface area contributed by atoms with Gasteiger partial charge in [-0.15, -0.1) is 0 Å². The summed E-state index contributed by atoms with van der Waals surface area (Å²) >= 11 is 0. The normalized spacial score (nSPS) is 21.2. The van der Waals surface area contributed by atoms with Gasteiger partial charge >= 0.3 is 0 Å². The first-order valence-corrected chi connectivity index (χ1v) is 6.21. The van der Waals surface area contributed by atoms with E-state index in [1.54, 1.807) is 0 Å². The molecule has 1 saturated carbocycles. The van der Waals surface area contributed by atoms with Gasteiger partial charge in [0.1, 0.15) is 5.76 Å². The highest BCUT2D eigenvalue weighted by atomic mass is 16.5. The molecule has 1 aliphatic rings. The summed E-state index contributed by atoms with van der Waals surface area (Å²) in [5.74, 6) is 0.890. The second-order valence-electron chi connectivity index (χ2n) is 5.75. The first kappa shape index (κ1) is 11.6. The topological polar surface area (TPSA) is 38.1 Å². The third-order valence-corrected chi connectivity index (χ3v) is 3.59. The van der Waals surface area contributed by atoms with E-state index in [0.29, 0.717) is 11.5 Å². The third kappa shape index (κ3) is 3.08. The zero-order valence-corrected chi connectivity index (χ0v) is 10.5. The highest BCUT2D eigenvalue weighted by molar-refractivity contribution is 5.03. The van der Waals surface area contributed by atoms with E-state index >= 15 is 0 Å². The second-order valence-corrected chi connectivity index (χ2v) is 5.75. The van der Waals surface area contributed by atoms with Gasteiger partial charge in [-0.25, -0.2) is 0 Å². The van der Waals surface area contributed by atoms with Crippen molar-refractivity contribution in [1.29, 1.82) is 0 Å². The van der Waals surface area contributed by atoms with Crippen molar-refractivity contribution >= 4 is 0 Å². The Morgan fingerprint density at radius 2 is 2.12 bits per heavy atom. The summed E-state index contributed by atoms with van der Waals surface area (Å²) in [4.78, 5) is 0. The Balaban J connectivity index is 1.75. The summed E-state index contributed by atoms with van der Waals surface area (Å²) < 4.78 is 5.05. The zero-order chi connectivity index (χ0) is 11.6. The quantitative estimate of drug-likeness (QED) is 0.854. The minimum absolute atomic E-state index is 0.544. The molecule has 3 heteroatoms. The van der Waals surface area contributed by atoms with Crippen molar-refractivity contribution in [3.8, 4) is 0 Å². The molecule has 2 rings (SSSR count). The Labute approximate surface area is 97.6 Å². The van der Waals surface area contributed by atoms with Gasteiger partial charge in [-0.05, 0) is 38.0 Å². The van der Waals surface area contributed by atoms with Gasteiger partial charge in [0.2, 0.25) is 0 Å². The molecule has 1 aromatic heterocycles. The Morgan fingerprint density at radius 1 is 1.44 bits per heavy atom. The molecule has 0 unspecified atom stereocenters. The van der Waals surface area contributed by atoms with E-state index < -0.39 is 0 Å². The minimum Gasteiger partial charge on any atom is -0.361 e. The molecule has 0 amide bonds. The number of aromatic nitrogens is 1. The molecule has 0 spiro atoms. The molecule has 0 aromatic carbocycles. The van der Waals surface area contributed by atoms with Crippen LogP contribution in [-0.2, 0) is 6.54 Å². The number of rotatable bonds is 3. The molecule has 90 valence electrons. The maximum atomic E-state index is 5.05. The standard InChI is InChI=1S/C13H22N2O/c1-10-8-12(15-16-10)9-14-11-4-6-13(2,3)7-5-11/h8,11,14H,4-7,9H2,1-3H3. The van der Waals surface area contributed by atoms with E-state index in [1.807, 2.05) is 13.0 Å². The van der Waals surface area contributed by atoms with Crippen molar-refractivity contribution in [2.24, 2.45) is 5.41 Å². The van der Waals surface area contributed by atoms with Crippen molar-refractivity contribution in [3.05, 3.63) is 17.5 Å². The highest BCUT2D eigenvalue weighted by Crippen LogP contribution is 2.34. The van der Waals surface area contributed by atoms with Crippen LogP contribution in [-0.4, -0.2) is 11.2 Å². The highest BCUT2D eigenvalue weighted by Gasteiger charge is 2.26. The molecular formula is C13H22N2O. The lowest BCUT2D eigenvalue weighted by molar-refractivity contribution is 0.205. The van der Waals surface area contributed by atoms with Gasteiger partial charge in [-0.1, -0.05) is 19.0 Å². The Bertz CT molecular complexity index is 333.